The Bertz CT molecular complexity index is 549. The van der Waals surface area contributed by atoms with Gasteiger partial charge in [0.2, 0.25) is 0 Å². The van der Waals surface area contributed by atoms with E-state index in [1.807, 2.05) is 0 Å². The van der Waals surface area contributed by atoms with Crippen molar-refractivity contribution in [2.24, 2.45) is 5.41 Å². The van der Waals surface area contributed by atoms with E-state index >= 15 is 0 Å². The summed E-state index contributed by atoms with van der Waals surface area (Å²) in [6.07, 6.45) is 0.465. The number of halogens is 2. The molecule has 1 unspecified atom stereocenters. The zero-order valence-electron chi connectivity index (χ0n) is 10.3. The lowest BCUT2D eigenvalue weighted by atomic mass is 9.90. The molecule has 2 rings (SSSR count). The molecule has 0 aromatic heterocycles. The van der Waals surface area contributed by atoms with Gasteiger partial charge in [0.1, 0.15) is 0 Å². The van der Waals surface area contributed by atoms with E-state index in [0.29, 0.717) is 28.0 Å². The van der Waals surface area contributed by atoms with Crippen LogP contribution in [0, 0.1) is 5.41 Å². The van der Waals surface area contributed by atoms with Crippen molar-refractivity contribution >= 4 is 39.4 Å². The first-order valence-corrected chi connectivity index (χ1v) is 6.98. The second-order valence-electron chi connectivity index (χ2n) is 4.97. The Kier molecular flexibility index (Phi) is 3.87. The Labute approximate surface area is 124 Å². The minimum Gasteiger partial charge on any atom is -0.481 e. The molecular formula is C13H13BrClNO3. The van der Waals surface area contributed by atoms with Gasteiger partial charge in [-0.3, -0.25) is 9.59 Å². The highest BCUT2D eigenvalue weighted by atomic mass is 79.9. The van der Waals surface area contributed by atoms with Gasteiger partial charge in [-0.05, 0) is 47.5 Å². The smallest absolute Gasteiger partial charge is 0.311 e. The van der Waals surface area contributed by atoms with Gasteiger partial charge in [-0.2, -0.15) is 0 Å². The van der Waals surface area contributed by atoms with Gasteiger partial charge >= 0.3 is 5.97 Å². The van der Waals surface area contributed by atoms with Crippen LogP contribution in [0.4, 0.5) is 0 Å². The molecule has 0 spiro atoms. The molecule has 1 atom stereocenters. The van der Waals surface area contributed by atoms with Crippen molar-refractivity contribution in [1.29, 1.82) is 0 Å². The molecule has 0 saturated carbocycles. The fourth-order valence-corrected chi connectivity index (χ4v) is 2.73. The monoisotopic (exact) mass is 345 g/mol. The molecule has 1 aliphatic rings. The van der Waals surface area contributed by atoms with Crippen LogP contribution in [0.3, 0.4) is 0 Å². The number of nitrogens with zero attached hydrogens (tertiary/aromatic N) is 1. The Balaban J connectivity index is 2.22. The standard InChI is InChI=1S/C13H13BrClNO3/c1-13(12(18)19)4-5-16(7-13)11(17)9-6-8(15)2-3-10(9)14/h2-3,6H,4-5,7H2,1H3,(H,18,19). The summed E-state index contributed by atoms with van der Waals surface area (Å²) in [6.45, 7) is 2.33. The summed E-state index contributed by atoms with van der Waals surface area (Å²) in [5.41, 5.74) is -0.400. The molecule has 6 heteroatoms. The highest BCUT2D eigenvalue weighted by molar-refractivity contribution is 9.10. The molecule has 1 saturated heterocycles. The van der Waals surface area contributed by atoms with Crippen molar-refractivity contribution in [2.75, 3.05) is 13.1 Å². The lowest BCUT2D eigenvalue weighted by molar-refractivity contribution is -0.147. The van der Waals surface area contributed by atoms with Crippen molar-refractivity contribution < 1.29 is 14.7 Å². The lowest BCUT2D eigenvalue weighted by Crippen LogP contribution is -2.35. The van der Waals surface area contributed by atoms with Crippen LogP contribution in [-0.4, -0.2) is 35.0 Å². The van der Waals surface area contributed by atoms with E-state index in [2.05, 4.69) is 15.9 Å². The number of carboxylic acid groups (broad SMARTS) is 1. The molecule has 0 aliphatic carbocycles. The molecular weight excluding hydrogens is 334 g/mol. The summed E-state index contributed by atoms with van der Waals surface area (Å²) in [5, 5.41) is 9.65. The topological polar surface area (TPSA) is 57.6 Å². The van der Waals surface area contributed by atoms with Gasteiger partial charge in [0, 0.05) is 22.6 Å². The molecule has 102 valence electrons. The third kappa shape index (κ3) is 2.77. The number of amides is 1. The third-order valence-electron chi connectivity index (χ3n) is 3.44. The summed E-state index contributed by atoms with van der Waals surface area (Å²) in [7, 11) is 0. The highest BCUT2D eigenvalue weighted by Crippen LogP contribution is 2.32. The molecule has 1 fully saturated rings. The molecule has 1 aliphatic heterocycles. The molecule has 1 N–H and O–H groups in total. The summed E-state index contributed by atoms with van der Waals surface area (Å²) in [6, 6.07) is 4.99. The number of carbonyl (C=O) groups excluding carboxylic acids is 1. The quantitative estimate of drug-likeness (QED) is 0.895. The molecule has 19 heavy (non-hydrogen) atoms. The maximum Gasteiger partial charge on any atom is 0.311 e. The molecule has 1 heterocycles. The Morgan fingerprint density at radius 3 is 2.74 bits per heavy atom. The normalized spacial score (nSPS) is 22.6. The van der Waals surface area contributed by atoms with E-state index in [1.54, 1.807) is 30.0 Å². The van der Waals surface area contributed by atoms with Crippen LogP contribution < -0.4 is 0 Å². The second-order valence-corrected chi connectivity index (χ2v) is 6.26. The third-order valence-corrected chi connectivity index (χ3v) is 4.36. The fourth-order valence-electron chi connectivity index (χ4n) is 2.14. The number of aliphatic carboxylic acids is 1. The Morgan fingerprint density at radius 1 is 1.47 bits per heavy atom. The van der Waals surface area contributed by atoms with Crippen LogP contribution in [0.1, 0.15) is 23.7 Å². The maximum atomic E-state index is 12.4. The van der Waals surface area contributed by atoms with Crippen molar-refractivity contribution in [3.63, 3.8) is 0 Å². The van der Waals surface area contributed by atoms with E-state index in [4.69, 9.17) is 11.6 Å². The molecule has 1 aromatic rings. The average molecular weight is 347 g/mol. The zero-order valence-corrected chi connectivity index (χ0v) is 12.7. The molecule has 0 bridgehead atoms. The minimum atomic E-state index is -0.868. The van der Waals surface area contributed by atoms with Gasteiger partial charge in [0.05, 0.1) is 11.0 Å². The highest BCUT2D eigenvalue weighted by Gasteiger charge is 2.42. The largest absolute Gasteiger partial charge is 0.481 e. The number of rotatable bonds is 2. The number of hydrogen-bond acceptors (Lipinski definition) is 2. The maximum absolute atomic E-state index is 12.4. The Hall–Kier alpha value is -1.07. The van der Waals surface area contributed by atoms with E-state index in [0.717, 1.165) is 0 Å². The second kappa shape index (κ2) is 5.13. The van der Waals surface area contributed by atoms with Crippen LogP contribution in [0.25, 0.3) is 0 Å². The number of hydrogen-bond donors (Lipinski definition) is 1. The SMILES string of the molecule is CC1(C(=O)O)CCN(C(=O)c2cc(Cl)ccc2Br)C1. The van der Waals surface area contributed by atoms with E-state index in [1.165, 1.54) is 0 Å². The van der Waals surface area contributed by atoms with Crippen molar-refractivity contribution in [3.05, 3.63) is 33.3 Å². The summed E-state index contributed by atoms with van der Waals surface area (Å²) in [5.74, 6) is -1.06. The van der Waals surface area contributed by atoms with Gasteiger partial charge in [-0.25, -0.2) is 0 Å². The van der Waals surface area contributed by atoms with Gasteiger partial charge in [0.25, 0.3) is 5.91 Å². The van der Waals surface area contributed by atoms with E-state index < -0.39 is 11.4 Å². The average Bonchev–Trinajstić information content (AvgIpc) is 2.76. The zero-order chi connectivity index (χ0) is 14.2. The summed E-state index contributed by atoms with van der Waals surface area (Å²) in [4.78, 5) is 25.1. The van der Waals surface area contributed by atoms with Gasteiger partial charge in [-0.1, -0.05) is 11.6 Å². The van der Waals surface area contributed by atoms with Crippen LogP contribution in [0.15, 0.2) is 22.7 Å². The first kappa shape index (κ1) is 14.3. The van der Waals surface area contributed by atoms with Gasteiger partial charge < -0.3 is 10.0 Å². The first-order valence-electron chi connectivity index (χ1n) is 5.81. The Morgan fingerprint density at radius 2 is 2.16 bits per heavy atom. The summed E-state index contributed by atoms with van der Waals surface area (Å²) < 4.78 is 0.658. The lowest BCUT2D eigenvalue weighted by Gasteiger charge is -2.20. The molecule has 1 amide bonds. The van der Waals surface area contributed by atoms with Crippen LogP contribution >= 0.6 is 27.5 Å². The van der Waals surface area contributed by atoms with E-state index in [9.17, 15) is 14.7 Å². The van der Waals surface area contributed by atoms with Crippen LogP contribution in [-0.2, 0) is 4.79 Å². The molecule has 1 aromatic carbocycles. The van der Waals surface area contributed by atoms with Crippen molar-refractivity contribution in [1.82, 2.24) is 4.90 Å². The first-order chi connectivity index (χ1) is 8.83. The number of benzene rings is 1. The minimum absolute atomic E-state index is 0.195. The van der Waals surface area contributed by atoms with E-state index in [-0.39, 0.29) is 12.5 Å². The number of likely N-dealkylation sites (tertiary alicyclic amines) is 1. The number of carbonyl (C=O) groups is 2. The molecule has 4 nitrogen and oxygen atoms in total. The number of carboxylic acids is 1. The fraction of sp³-hybridized carbons (Fsp3) is 0.385. The van der Waals surface area contributed by atoms with Crippen molar-refractivity contribution in [3.8, 4) is 0 Å². The van der Waals surface area contributed by atoms with Crippen LogP contribution in [0.5, 0.6) is 0 Å². The molecule has 0 radical (unpaired) electrons. The predicted octanol–water partition coefficient (Wildman–Crippen LogP) is 3.04. The summed E-state index contributed by atoms with van der Waals surface area (Å²) >= 11 is 9.20. The van der Waals surface area contributed by atoms with Crippen LogP contribution in [0.2, 0.25) is 5.02 Å². The van der Waals surface area contributed by atoms with Crippen molar-refractivity contribution in [2.45, 2.75) is 13.3 Å². The predicted molar refractivity (Wildman–Crippen MR) is 75.4 cm³/mol. The van der Waals surface area contributed by atoms with Gasteiger partial charge in [0.15, 0.2) is 0 Å². The van der Waals surface area contributed by atoms with Gasteiger partial charge in [-0.15, -0.1) is 0 Å².